The van der Waals surface area contributed by atoms with Gasteiger partial charge in [-0.05, 0) is 18.6 Å². The smallest absolute Gasteiger partial charge is 0.186 e. The average molecular weight is 339 g/mol. The lowest BCUT2D eigenvalue weighted by Crippen LogP contribution is -2.40. The molecule has 2 aromatic rings. The number of hydrogen-bond donors (Lipinski definition) is 0. The van der Waals surface area contributed by atoms with E-state index in [0.29, 0.717) is 30.7 Å². The molecule has 0 N–H and O–H groups in total. The number of imidazole rings is 1. The summed E-state index contributed by atoms with van der Waals surface area (Å²) in [5.41, 5.74) is 3.10. The molecule has 0 bridgehead atoms. The molecule has 1 fully saturated rings. The van der Waals surface area contributed by atoms with Gasteiger partial charge >= 0.3 is 0 Å². The van der Waals surface area contributed by atoms with Crippen molar-refractivity contribution in [3.05, 3.63) is 40.7 Å². The summed E-state index contributed by atoms with van der Waals surface area (Å²) in [6.45, 7) is 1.95. The van der Waals surface area contributed by atoms with Crippen LogP contribution in [0.3, 0.4) is 0 Å². The van der Waals surface area contributed by atoms with Crippen molar-refractivity contribution in [1.29, 1.82) is 0 Å². The average Bonchev–Trinajstić information content (AvgIpc) is 3.12. The van der Waals surface area contributed by atoms with Crippen LogP contribution in [0.1, 0.15) is 17.8 Å². The van der Waals surface area contributed by atoms with Crippen molar-refractivity contribution >= 4 is 23.2 Å². The summed E-state index contributed by atoms with van der Waals surface area (Å²) in [5.74, 6) is 0.779. The summed E-state index contributed by atoms with van der Waals surface area (Å²) < 4.78 is 13.9. The second kappa shape index (κ2) is 5.53. The minimum atomic E-state index is -0.509. The zero-order chi connectivity index (χ0) is 15.2. The third-order valence-corrected chi connectivity index (χ3v) is 4.81. The molecule has 0 atom stereocenters. The number of fused-ring (bicyclic) bond motifs is 1. The number of nitrogens with zero attached hydrogens (tertiary/aromatic N) is 2. The van der Waals surface area contributed by atoms with E-state index in [1.807, 2.05) is 24.3 Å². The van der Waals surface area contributed by atoms with Crippen LogP contribution in [0.25, 0.3) is 11.4 Å². The van der Waals surface area contributed by atoms with Crippen LogP contribution in [0, 0.1) is 0 Å². The molecule has 4 rings (SSSR count). The predicted molar refractivity (Wildman–Crippen MR) is 85.2 cm³/mol. The number of rotatable bonds is 2. The minimum absolute atomic E-state index is 0.407. The molecule has 116 valence electrons. The fourth-order valence-electron chi connectivity index (χ4n) is 3.30. The molecular formula is C16H16Cl2N2O2. The van der Waals surface area contributed by atoms with Crippen LogP contribution < -0.4 is 0 Å². The summed E-state index contributed by atoms with van der Waals surface area (Å²) in [7, 11) is 0. The van der Waals surface area contributed by atoms with Crippen molar-refractivity contribution in [3.63, 3.8) is 0 Å². The summed E-state index contributed by atoms with van der Waals surface area (Å²) in [4.78, 5) is 4.74. The lowest BCUT2D eigenvalue weighted by Gasteiger charge is -2.33. The molecular weight excluding hydrogens is 323 g/mol. The fraction of sp³-hybridized carbons (Fsp3) is 0.438. The van der Waals surface area contributed by atoms with Crippen molar-refractivity contribution in [2.24, 2.45) is 0 Å². The maximum Gasteiger partial charge on any atom is 0.186 e. The van der Waals surface area contributed by atoms with Crippen LogP contribution in [-0.2, 0) is 28.3 Å². The summed E-state index contributed by atoms with van der Waals surface area (Å²) in [6, 6.07) is 7.73. The SMILES string of the molecule is ClCc1nc(-c2cccc(Cl)c2)n2c1CCC1(C2)OCCO1. The first-order chi connectivity index (χ1) is 10.7. The van der Waals surface area contributed by atoms with E-state index in [1.54, 1.807) is 0 Å². The highest BCUT2D eigenvalue weighted by Gasteiger charge is 2.41. The molecule has 0 saturated carbocycles. The van der Waals surface area contributed by atoms with Gasteiger partial charge in [0.2, 0.25) is 0 Å². The zero-order valence-corrected chi connectivity index (χ0v) is 13.5. The van der Waals surface area contributed by atoms with E-state index in [1.165, 1.54) is 5.69 Å². The van der Waals surface area contributed by atoms with E-state index in [4.69, 9.17) is 37.7 Å². The van der Waals surface area contributed by atoms with Crippen LogP contribution in [0.4, 0.5) is 0 Å². The third-order valence-electron chi connectivity index (χ3n) is 4.32. The van der Waals surface area contributed by atoms with Crippen molar-refractivity contribution in [2.45, 2.75) is 31.1 Å². The first kappa shape index (κ1) is 14.5. The summed E-state index contributed by atoms with van der Waals surface area (Å²) in [6.07, 6.45) is 1.70. The Morgan fingerprint density at radius 2 is 2.09 bits per heavy atom. The molecule has 1 spiro atoms. The van der Waals surface area contributed by atoms with Crippen molar-refractivity contribution in [1.82, 2.24) is 9.55 Å². The van der Waals surface area contributed by atoms with E-state index < -0.39 is 5.79 Å². The van der Waals surface area contributed by atoms with Gasteiger partial charge in [-0.2, -0.15) is 0 Å². The molecule has 2 aliphatic rings. The topological polar surface area (TPSA) is 36.3 Å². The Labute approximate surface area is 139 Å². The number of hydrogen-bond acceptors (Lipinski definition) is 3. The summed E-state index contributed by atoms with van der Waals surface area (Å²) in [5, 5.41) is 0.696. The Balaban J connectivity index is 1.81. The highest BCUT2D eigenvalue weighted by Crippen LogP contribution is 2.37. The monoisotopic (exact) mass is 338 g/mol. The highest BCUT2D eigenvalue weighted by molar-refractivity contribution is 6.30. The van der Waals surface area contributed by atoms with E-state index >= 15 is 0 Å². The van der Waals surface area contributed by atoms with Crippen LogP contribution >= 0.6 is 23.2 Å². The zero-order valence-electron chi connectivity index (χ0n) is 12.0. The molecule has 0 aliphatic carbocycles. The predicted octanol–water partition coefficient (Wildman–Crippen LogP) is 3.63. The standard InChI is InChI=1S/C16H16Cl2N2O2/c17-9-13-14-4-5-16(21-6-7-22-16)10-20(14)15(19-13)11-2-1-3-12(18)8-11/h1-3,8H,4-7,9-10H2. The van der Waals surface area contributed by atoms with E-state index in [9.17, 15) is 0 Å². The minimum Gasteiger partial charge on any atom is -0.346 e. The van der Waals surface area contributed by atoms with E-state index in [2.05, 4.69) is 4.57 Å². The molecule has 0 radical (unpaired) electrons. The number of aromatic nitrogens is 2. The van der Waals surface area contributed by atoms with Gasteiger partial charge in [0.1, 0.15) is 5.82 Å². The normalized spacial score (nSPS) is 19.5. The van der Waals surface area contributed by atoms with Gasteiger partial charge in [-0.1, -0.05) is 23.7 Å². The lowest BCUT2D eigenvalue weighted by molar-refractivity contribution is -0.177. The van der Waals surface area contributed by atoms with Gasteiger partial charge in [0.05, 0.1) is 31.3 Å². The van der Waals surface area contributed by atoms with Crippen LogP contribution in [0.15, 0.2) is 24.3 Å². The van der Waals surface area contributed by atoms with Gasteiger partial charge in [-0.15, -0.1) is 11.6 Å². The van der Waals surface area contributed by atoms with Crippen LogP contribution in [0.2, 0.25) is 5.02 Å². The maximum atomic E-state index is 6.13. The molecule has 0 unspecified atom stereocenters. The molecule has 1 aromatic heterocycles. The number of alkyl halides is 1. The quantitative estimate of drug-likeness (QED) is 0.784. The van der Waals surface area contributed by atoms with Gasteiger partial charge in [0, 0.05) is 22.7 Å². The Kier molecular flexibility index (Phi) is 3.65. The second-order valence-corrected chi connectivity index (χ2v) is 6.37. The Morgan fingerprint density at radius 1 is 1.27 bits per heavy atom. The number of halogens is 2. The summed E-state index contributed by atoms with van der Waals surface area (Å²) >= 11 is 12.2. The molecule has 1 aromatic carbocycles. The maximum absolute atomic E-state index is 6.13. The lowest BCUT2D eigenvalue weighted by atomic mass is 10.0. The van der Waals surface area contributed by atoms with Gasteiger partial charge in [0.25, 0.3) is 0 Å². The Bertz CT molecular complexity index is 708. The molecule has 4 nitrogen and oxygen atoms in total. The Hall–Kier alpha value is -1.07. The molecule has 3 heterocycles. The van der Waals surface area contributed by atoms with Gasteiger partial charge in [-0.3, -0.25) is 0 Å². The molecule has 0 amide bonds. The molecule has 22 heavy (non-hydrogen) atoms. The number of ether oxygens (including phenoxy) is 2. The van der Waals surface area contributed by atoms with Crippen molar-refractivity contribution in [2.75, 3.05) is 13.2 Å². The molecule has 6 heteroatoms. The van der Waals surface area contributed by atoms with E-state index in [0.717, 1.165) is 29.9 Å². The van der Waals surface area contributed by atoms with Crippen LogP contribution in [-0.4, -0.2) is 28.6 Å². The van der Waals surface area contributed by atoms with Gasteiger partial charge in [0.15, 0.2) is 5.79 Å². The third kappa shape index (κ3) is 2.35. The number of benzene rings is 1. The first-order valence-corrected chi connectivity index (χ1v) is 8.30. The molecule has 1 saturated heterocycles. The van der Waals surface area contributed by atoms with Crippen LogP contribution in [0.5, 0.6) is 0 Å². The van der Waals surface area contributed by atoms with E-state index in [-0.39, 0.29) is 0 Å². The molecule has 2 aliphatic heterocycles. The Morgan fingerprint density at radius 3 is 2.82 bits per heavy atom. The first-order valence-electron chi connectivity index (χ1n) is 7.39. The van der Waals surface area contributed by atoms with Crippen molar-refractivity contribution in [3.8, 4) is 11.4 Å². The second-order valence-electron chi connectivity index (χ2n) is 5.67. The van der Waals surface area contributed by atoms with Gasteiger partial charge < -0.3 is 14.0 Å². The fourth-order valence-corrected chi connectivity index (χ4v) is 3.71. The largest absolute Gasteiger partial charge is 0.346 e. The highest BCUT2D eigenvalue weighted by atomic mass is 35.5. The van der Waals surface area contributed by atoms with Gasteiger partial charge in [-0.25, -0.2) is 4.98 Å². The van der Waals surface area contributed by atoms with Crippen molar-refractivity contribution < 1.29 is 9.47 Å².